The summed E-state index contributed by atoms with van der Waals surface area (Å²) in [7, 11) is 0. The maximum Gasteiger partial charge on any atom is 0.573 e. The van der Waals surface area contributed by atoms with Gasteiger partial charge in [0.05, 0.1) is 17.7 Å². The van der Waals surface area contributed by atoms with Crippen molar-refractivity contribution in [3.63, 3.8) is 0 Å². The standard InChI is InChI=1S/C17H12F6O3/c1-2-25-15(24)12-8-7-10(16(18,19)20)9-13(12)11-5-3-4-6-14(11)26-17(21,22)23/h3-9H,2H2,1H3. The molecule has 0 aliphatic rings. The average molecular weight is 378 g/mol. The van der Waals surface area contributed by atoms with Gasteiger partial charge in [-0.25, -0.2) is 4.79 Å². The quantitative estimate of drug-likeness (QED) is 0.524. The maximum absolute atomic E-state index is 13.0. The maximum atomic E-state index is 13.0. The highest BCUT2D eigenvalue weighted by atomic mass is 19.4. The van der Waals surface area contributed by atoms with Crippen molar-refractivity contribution in [2.75, 3.05) is 6.61 Å². The Bertz CT molecular complexity index is 796. The number of rotatable bonds is 4. The predicted octanol–water partition coefficient (Wildman–Crippen LogP) is 5.45. The second-order valence-electron chi connectivity index (χ2n) is 5.02. The van der Waals surface area contributed by atoms with Crippen molar-refractivity contribution in [1.82, 2.24) is 0 Å². The first-order valence-corrected chi connectivity index (χ1v) is 7.26. The van der Waals surface area contributed by atoms with Crippen molar-refractivity contribution in [3.8, 4) is 16.9 Å². The normalized spacial score (nSPS) is 12.0. The first-order valence-electron chi connectivity index (χ1n) is 7.26. The smallest absolute Gasteiger partial charge is 0.462 e. The molecule has 0 N–H and O–H groups in total. The number of hydrogen-bond acceptors (Lipinski definition) is 3. The molecule has 0 aliphatic heterocycles. The van der Waals surface area contributed by atoms with Gasteiger partial charge in [0.2, 0.25) is 0 Å². The zero-order chi connectivity index (χ0) is 19.5. The number of esters is 1. The third-order valence-corrected chi connectivity index (χ3v) is 3.25. The van der Waals surface area contributed by atoms with Gasteiger partial charge in [0, 0.05) is 11.1 Å². The lowest BCUT2D eigenvalue weighted by molar-refractivity contribution is -0.274. The molecule has 0 aromatic heterocycles. The van der Waals surface area contributed by atoms with Crippen LogP contribution in [0.5, 0.6) is 5.75 Å². The minimum Gasteiger partial charge on any atom is -0.462 e. The molecule has 0 atom stereocenters. The van der Waals surface area contributed by atoms with Crippen molar-refractivity contribution < 1.29 is 40.6 Å². The fourth-order valence-corrected chi connectivity index (χ4v) is 2.23. The fraction of sp³-hybridized carbons (Fsp3) is 0.235. The van der Waals surface area contributed by atoms with E-state index in [0.29, 0.717) is 12.1 Å². The number of benzene rings is 2. The molecule has 2 aromatic carbocycles. The molecule has 0 aliphatic carbocycles. The number of hydrogen-bond donors (Lipinski definition) is 0. The lowest BCUT2D eigenvalue weighted by Gasteiger charge is -2.17. The number of para-hydroxylation sites is 1. The van der Waals surface area contributed by atoms with Crippen LogP contribution in [0.15, 0.2) is 42.5 Å². The van der Waals surface area contributed by atoms with Crippen LogP contribution in [0.2, 0.25) is 0 Å². The van der Waals surface area contributed by atoms with Crippen LogP contribution in [0.4, 0.5) is 26.3 Å². The van der Waals surface area contributed by atoms with E-state index >= 15 is 0 Å². The van der Waals surface area contributed by atoms with Gasteiger partial charge in [-0.1, -0.05) is 18.2 Å². The Balaban J connectivity index is 2.68. The topological polar surface area (TPSA) is 35.5 Å². The third kappa shape index (κ3) is 4.68. The molecular formula is C17H12F6O3. The number of ether oxygens (including phenoxy) is 2. The first kappa shape index (κ1) is 19.6. The SMILES string of the molecule is CCOC(=O)c1ccc(C(F)(F)F)cc1-c1ccccc1OC(F)(F)F. The summed E-state index contributed by atoms with van der Waals surface area (Å²) in [6, 6.07) is 6.71. The van der Waals surface area contributed by atoms with E-state index in [2.05, 4.69) is 4.74 Å². The molecule has 0 unspecified atom stereocenters. The molecule has 0 fully saturated rings. The Hall–Kier alpha value is -2.71. The lowest BCUT2D eigenvalue weighted by Crippen LogP contribution is -2.18. The predicted molar refractivity (Wildman–Crippen MR) is 79.5 cm³/mol. The van der Waals surface area contributed by atoms with Crippen LogP contribution in [0.25, 0.3) is 11.1 Å². The Morgan fingerprint density at radius 2 is 1.62 bits per heavy atom. The summed E-state index contributed by atoms with van der Waals surface area (Å²) in [5.74, 6) is -1.69. The number of alkyl halides is 6. The summed E-state index contributed by atoms with van der Waals surface area (Å²) in [4.78, 5) is 12.0. The van der Waals surface area contributed by atoms with Crippen LogP contribution >= 0.6 is 0 Å². The second kappa shape index (κ2) is 7.27. The highest BCUT2D eigenvalue weighted by Gasteiger charge is 2.34. The van der Waals surface area contributed by atoms with Crippen molar-refractivity contribution in [1.29, 1.82) is 0 Å². The number of halogens is 6. The van der Waals surface area contributed by atoms with E-state index < -0.39 is 29.8 Å². The van der Waals surface area contributed by atoms with Crippen LogP contribution in [-0.2, 0) is 10.9 Å². The molecule has 0 spiro atoms. The molecule has 26 heavy (non-hydrogen) atoms. The molecule has 0 saturated carbocycles. The number of carbonyl (C=O) groups is 1. The van der Waals surface area contributed by atoms with Gasteiger partial charge in [0.15, 0.2) is 0 Å². The van der Waals surface area contributed by atoms with Crippen LogP contribution in [0.3, 0.4) is 0 Å². The van der Waals surface area contributed by atoms with E-state index in [-0.39, 0.29) is 23.3 Å². The highest BCUT2D eigenvalue weighted by Crippen LogP contribution is 2.39. The molecule has 0 heterocycles. The summed E-state index contributed by atoms with van der Waals surface area (Å²) in [6.07, 6.45) is -9.80. The molecule has 0 amide bonds. The zero-order valence-corrected chi connectivity index (χ0v) is 13.2. The zero-order valence-electron chi connectivity index (χ0n) is 13.2. The molecular weight excluding hydrogens is 366 g/mol. The molecule has 2 aromatic rings. The molecule has 3 nitrogen and oxygen atoms in total. The van der Waals surface area contributed by atoms with Gasteiger partial charge in [-0.3, -0.25) is 0 Å². The average Bonchev–Trinajstić information content (AvgIpc) is 2.52. The molecule has 0 radical (unpaired) electrons. The van der Waals surface area contributed by atoms with Gasteiger partial charge in [-0.05, 0) is 31.2 Å². The van der Waals surface area contributed by atoms with Crippen LogP contribution in [-0.4, -0.2) is 18.9 Å². The number of carbonyl (C=O) groups excluding carboxylic acids is 1. The summed E-state index contributed by atoms with van der Waals surface area (Å²) >= 11 is 0. The van der Waals surface area contributed by atoms with Crippen LogP contribution in [0.1, 0.15) is 22.8 Å². The molecule has 0 saturated heterocycles. The summed E-state index contributed by atoms with van der Waals surface area (Å²) in [5, 5.41) is 0. The van der Waals surface area contributed by atoms with Crippen molar-refractivity contribution in [3.05, 3.63) is 53.6 Å². The van der Waals surface area contributed by atoms with E-state index in [1.807, 2.05) is 0 Å². The largest absolute Gasteiger partial charge is 0.573 e. The van der Waals surface area contributed by atoms with Gasteiger partial charge in [-0.2, -0.15) is 13.2 Å². The Morgan fingerprint density at radius 3 is 2.19 bits per heavy atom. The summed E-state index contributed by atoms with van der Waals surface area (Å²) in [6.45, 7) is 1.43. The lowest BCUT2D eigenvalue weighted by atomic mass is 9.96. The third-order valence-electron chi connectivity index (χ3n) is 3.25. The minimum absolute atomic E-state index is 0.0556. The van der Waals surface area contributed by atoms with E-state index in [0.717, 1.165) is 18.2 Å². The Kier molecular flexibility index (Phi) is 5.48. The minimum atomic E-state index is -5.05. The van der Waals surface area contributed by atoms with Crippen molar-refractivity contribution in [2.24, 2.45) is 0 Å². The van der Waals surface area contributed by atoms with Crippen LogP contribution in [0, 0.1) is 0 Å². The molecule has 140 valence electrons. The Morgan fingerprint density at radius 1 is 0.962 bits per heavy atom. The van der Waals surface area contributed by atoms with Gasteiger partial charge in [-0.15, -0.1) is 13.2 Å². The monoisotopic (exact) mass is 378 g/mol. The summed E-state index contributed by atoms with van der Waals surface area (Å²) in [5.41, 5.74) is -2.13. The van der Waals surface area contributed by atoms with Crippen molar-refractivity contribution in [2.45, 2.75) is 19.5 Å². The molecule has 9 heteroatoms. The van der Waals surface area contributed by atoms with Gasteiger partial charge >= 0.3 is 18.5 Å². The first-order chi connectivity index (χ1) is 12.0. The van der Waals surface area contributed by atoms with Gasteiger partial charge < -0.3 is 9.47 Å². The van der Waals surface area contributed by atoms with E-state index in [1.54, 1.807) is 0 Å². The second-order valence-corrected chi connectivity index (χ2v) is 5.02. The van der Waals surface area contributed by atoms with E-state index in [9.17, 15) is 31.1 Å². The molecule has 0 bridgehead atoms. The Labute approximate surface area is 144 Å². The van der Waals surface area contributed by atoms with Crippen molar-refractivity contribution >= 4 is 5.97 Å². The van der Waals surface area contributed by atoms with Gasteiger partial charge in [0.1, 0.15) is 5.75 Å². The van der Waals surface area contributed by atoms with Gasteiger partial charge in [0.25, 0.3) is 0 Å². The van der Waals surface area contributed by atoms with E-state index in [1.165, 1.54) is 19.1 Å². The molecule has 2 rings (SSSR count). The van der Waals surface area contributed by atoms with Crippen LogP contribution < -0.4 is 4.74 Å². The fourth-order valence-electron chi connectivity index (χ4n) is 2.23. The highest BCUT2D eigenvalue weighted by molar-refractivity contribution is 5.98. The summed E-state index contributed by atoms with van der Waals surface area (Å²) < 4.78 is 85.4. The van der Waals surface area contributed by atoms with E-state index in [4.69, 9.17) is 4.74 Å².